The minimum Gasteiger partial charge on any atom is -0.360 e. The number of aromatic nitrogens is 1. The van der Waals surface area contributed by atoms with Crippen LogP contribution in [0.3, 0.4) is 0 Å². The van der Waals surface area contributed by atoms with E-state index in [0.29, 0.717) is 23.6 Å². The molecule has 0 bridgehead atoms. The predicted octanol–water partition coefficient (Wildman–Crippen LogP) is 3.33. The van der Waals surface area contributed by atoms with Gasteiger partial charge in [0.1, 0.15) is 11.8 Å². The number of nitrogens with zero attached hydrogens (tertiary/aromatic N) is 1. The molecule has 0 fully saturated rings. The first-order valence-corrected chi connectivity index (χ1v) is 8.53. The van der Waals surface area contributed by atoms with E-state index in [2.05, 4.69) is 22.7 Å². The highest BCUT2D eigenvalue weighted by Gasteiger charge is 2.23. The van der Waals surface area contributed by atoms with Crippen LogP contribution >= 0.6 is 0 Å². The van der Waals surface area contributed by atoms with Crippen molar-refractivity contribution in [2.24, 2.45) is 5.92 Å². The number of carbonyl (C=O) groups is 2. The van der Waals surface area contributed by atoms with Gasteiger partial charge in [0.25, 0.3) is 5.91 Å². The van der Waals surface area contributed by atoms with Gasteiger partial charge in [-0.3, -0.25) is 9.59 Å². The molecule has 1 atom stereocenters. The summed E-state index contributed by atoms with van der Waals surface area (Å²) >= 11 is 0. The van der Waals surface area contributed by atoms with Gasteiger partial charge >= 0.3 is 0 Å². The van der Waals surface area contributed by atoms with Crippen LogP contribution in [0.25, 0.3) is 0 Å². The molecule has 0 radical (unpaired) electrons. The van der Waals surface area contributed by atoms with Crippen molar-refractivity contribution in [2.75, 3.05) is 5.32 Å². The van der Waals surface area contributed by atoms with Crippen molar-refractivity contribution in [1.29, 1.82) is 0 Å². The second-order valence-corrected chi connectivity index (χ2v) is 6.52. The second kappa shape index (κ2) is 8.46. The average Bonchev–Trinajstić information content (AvgIpc) is 2.98. The summed E-state index contributed by atoms with van der Waals surface area (Å²) in [5, 5.41) is 9.26. The fourth-order valence-electron chi connectivity index (χ4n) is 2.47. The van der Waals surface area contributed by atoms with Crippen molar-refractivity contribution in [2.45, 2.75) is 46.6 Å². The molecular formula is C19H25N3O3. The Kier molecular flexibility index (Phi) is 6.33. The van der Waals surface area contributed by atoms with Crippen molar-refractivity contribution < 1.29 is 14.1 Å². The van der Waals surface area contributed by atoms with E-state index < -0.39 is 6.04 Å². The standard InChI is InChI=1S/C19H25N3O3/c1-5-14-6-8-15(9-7-14)18(23)20-16(10-12(2)3)19(24)21-17-11-13(4)25-22-17/h6-9,11-12,16H,5,10H2,1-4H3,(H,20,23)(H,21,22,24)/t16-/m0/s1. The van der Waals surface area contributed by atoms with Crippen LogP contribution in [0, 0.1) is 12.8 Å². The summed E-state index contributed by atoms with van der Waals surface area (Å²) in [7, 11) is 0. The quantitative estimate of drug-likeness (QED) is 0.807. The highest BCUT2D eigenvalue weighted by molar-refractivity contribution is 6.00. The van der Waals surface area contributed by atoms with Crippen LogP contribution in [-0.2, 0) is 11.2 Å². The van der Waals surface area contributed by atoms with Gasteiger partial charge in [0.2, 0.25) is 5.91 Å². The number of rotatable bonds is 7. The van der Waals surface area contributed by atoms with Crippen LogP contribution in [0.2, 0.25) is 0 Å². The van der Waals surface area contributed by atoms with Crippen molar-refractivity contribution in [3.8, 4) is 0 Å². The number of amides is 2. The SMILES string of the molecule is CCc1ccc(C(=O)N[C@@H](CC(C)C)C(=O)Nc2cc(C)on2)cc1. The van der Waals surface area contributed by atoms with E-state index in [0.717, 1.165) is 12.0 Å². The zero-order valence-electron chi connectivity index (χ0n) is 15.1. The van der Waals surface area contributed by atoms with E-state index in [1.54, 1.807) is 25.1 Å². The number of nitrogens with one attached hydrogen (secondary N) is 2. The minimum atomic E-state index is -0.643. The summed E-state index contributed by atoms with van der Waals surface area (Å²) in [5.41, 5.74) is 1.70. The molecule has 0 aliphatic heterocycles. The fourth-order valence-corrected chi connectivity index (χ4v) is 2.47. The predicted molar refractivity (Wildman–Crippen MR) is 96.4 cm³/mol. The Hall–Kier alpha value is -2.63. The summed E-state index contributed by atoms with van der Waals surface area (Å²) in [6, 6.07) is 8.39. The summed E-state index contributed by atoms with van der Waals surface area (Å²) in [6.45, 7) is 7.81. The molecule has 134 valence electrons. The molecule has 0 saturated heterocycles. The third-order valence-corrected chi connectivity index (χ3v) is 3.83. The number of hydrogen-bond donors (Lipinski definition) is 2. The van der Waals surface area contributed by atoms with Crippen molar-refractivity contribution in [3.05, 3.63) is 47.2 Å². The van der Waals surface area contributed by atoms with Crippen LogP contribution in [-0.4, -0.2) is 23.0 Å². The van der Waals surface area contributed by atoms with Gasteiger partial charge in [-0.05, 0) is 43.4 Å². The Morgan fingerprint density at radius 2 is 1.88 bits per heavy atom. The number of hydrogen-bond acceptors (Lipinski definition) is 4. The fraction of sp³-hybridized carbons (Fsp3) is 0.421. The van der Waals surface area contributed by atoms with Crippen LogP contribution in [0.1, 0.15) is 48.9 Å². The van der Waals surface area contributed by atoms with Gasteiger partial charge in [0, 0.05) is 11.6 Å². The smallest absolute Gasteiger partial charge is 0.251 e. The molecule has 2 N–H and O–H groups in total. The molecule has 6 nitrogen and oxygen atoms in total. The molecule has 25 heavy (non-hydrogen) atoms. The van der Waals surface area contributed by atoms with Gasteiger partial charge < -0.3 is 15.2 Å². The lowest BCUT2D eigenvalue weighted by atomic mass is 10.0. The Morgan fingerprint density at radius 1 is 1.20 bits per heavy atom. The molecule has 2 rings (SSSR count). The number of carbonyl (C=O) groups excluding carboxylic acids is 2. The van der Waals surface area contributed by atoms with Crippen LogP contribution < -0.4 is 10.6 Å². The van der Waals surface area contributed by atoms with E-state index in [4.69, 9.17) is 4.52 Å². The molecule has 0 aliphatic rings. The molecule has 1 heterocycles. The summed E-state index contributed by atoms with van der Waals surface area (Å²) in [6.07, 6.45) is 1.44. The van der Waals surface area contributed by atoms with E-state index in [1.807, 2.05) is 26.0 Å². The Balaban J connectivity index is 2.07. The zero-order chi connectivity index (χ0) is 18.4. The molecule has 1 aromatic carbocycles. The molecule has 0 spiro atoms. The van der Waals surface area contributed by atoms with E-state index >= 15 is 0 Å². The van der Waals surface area contributed by atoms with Gasteiger partial charge in [-0.15, -0.1) is 0 Å². The lowest BCUT2D eigenvalue weighted by Crippen LogP contribution is -2.44. The Labute approximate surface area is 148 Å². The maximum atomic E-state index is 12.5. The van der Waals surface area contributed by atoms with Gasteiger partial charge in [0.05, 0.1) is 0 Å². The van der Waals surface area contributed by atoms with E-state index in [9.17, 15) is 9.59 Å². The number of aryl methyl sites for hydroxylation is 2. The van der Waals surface area contributed by atoms with Gasteiger partial charge in [-0.1, -0.05) is 38.1 Å². The molecule has 2 amide bonds. The third-order valence-electron chi connectivity index (χ3n) is 3.83. The first-order chi connectivity index (χ1) is 11.9. The normalized spacial score (nSPS) is 12.0. The first kappa shape index (κ1) is 18.7. The van der Waals surface area contributed by atoms with Crippen LogP contribution in [0.15, 0.2) is 34.9 Å². The lowest BCUT2D eigenvalue weighted by molar-refractivity contribution is -0.118. The summed E-state index contributed by atoms with van der Waals surface area (Å²) in [4.78, 5) is 25.0. The van der Waals surface area contributed by atoms with Crippen molar-refractivity contribution in [1.82, 2.24) is 10.5 Å². The van der Waals surface area contributed by atoms with Gasteiger partial charge in [0.15, 0.2) is 5.82 Å². The topological polar surface area (TPSA) is 84.2 Å². The maximum absolute atomic E-state index is 12.5. The van der Waals surface area contributed by atoms with Crippen molar-refractivity contribution in [3.63, 3.8) is 0 Å². The monoisotopic (exact) mass is 343 g/mol. The molecule has 0 saturated carbocycles. The molecule has 6 heteroatoms. The highest BCUT2D eigenvalue weighted by atomic mass is 16.5. The minimum absolute atomic E-state index is 0.248. The number of anilines is 1. The molecule has 0 aliphatic carbocycles. The van der Waals surface area contributed by atoms with Crippen molar-refractivity contribution >= 4 is 17.6 Å². The highest BCUT2D eigenvalue weighted by Crippen LogP contribution is 2.12. The zero-order valence-corrected chi connectivity index (χ0v) is 15.1. The lowest BCUT2D eigenvalue weighted by Gasteiger charge is -2.19. The van der Waals surface area contributed by atoms with Crippen LogP contribution in [0.5, 0.6) is 0 Å². The van der Waals surface area contributed by atoms with E-state index in [-0.39, 0.29) is 17.7 Å². The largest absolute Gasteiger partial charge is 0.360 e. The number of benzene rings is 1. The van der Waals surface area contributed by atoms with Gasteiger partial charge in [-0.25, -0.2) is 0 Å². The second-order valence-electron chi connectivity index (χ2n) is 6.52. The van der Waals surface area contributed by atoms with Crippen LogP contribution in [0.4, 0.5) is 5.82 Å². The molecule has 2 aromatic rings. The average molecular weight is 343 g/mol. The molecule has 1 aromatic heterocycles. The summed E-state index contributed by atoms with van der Waals surface area (Å²) < 4.78 is 4.95. The third kappa shape index (κ3) is 5.45. The van der Waals surface area contributed by atoms with Gasteiger partial charge in [-0.2, -0.15) is 0 Å². The Morgan fingerprint density at radius 3 is 2.40 bits per heavy atom. The maximum Gasteiger partial charge on any atom is 0.251 e. The molecule has 0 unspecified atom stereocenters. The first-order valence-electron chi connectivity index (χ1n) is 8.53. The Bertz CT molecular complexity index is 720. The van der Waals surface area contributed by atoms with E-state index in [1.165, 1.54) is 0 Å². The summed E-state index contributed by atoms with van der Waals surface area (Å²) in [5.74, 6) is 0.631. The molecular weight excluding hydrogens is 318 g/mol.